The van der Waals surface area contributed by atoms with Crippen LogP contribution < -0.4 is 9.73 Å². The number of carbonyl (C=O) groups is 1. The van der Waals surface area contributed by atoms with E-state index in [0.29, 0.717) is 5.56 Å². The average molecular weight is 382 g/mol. The van der Waals surface area contributed by atoms with Gasteiger partial charge in [0.05, 0.1) is 23.2 Å². The number of hydrogen-bond acceptors (Lipinski definition) is 5. The van der Waals surface area contributed by atoms with Gasteiger partial charge in [-0.25, -0.2) is 13.8 Å². The van der Waals surface area contributed by atoms with Gasteiger partial charge in [-0.15, -0.1) is 0 Å². The Morgan fingerprint density at radius 3 is 2.52 bits per heavy atom. The molecule has 0 bridgehead atoms. The molecule has 2 N–H and O–H groups in total. The van der Waals surface area contributed by atoms with Crippen molar-refractivity contribution in [2.24, 2.45) is 5.10 Å². The minimum atomic E-state index is -3.72. The van der Waals surface area contributed by atoms with Crippen LogP contribution in [0.2, 0.25) is 5.02 Å². The SMILES string of the molecule is CS(=O)(=O)N(CC(=O)N/N=C\c1ccccc1O)c1ccccc1Cl. The number of nitrogens with one attached hydrogen (secondary N) is 1. The molecule has 0 radical (unpaired) electrons. The number of halogens is 1. The zero-order valence-electron chi connectivity index (χ0n) is 13.3. The molecule has 0 aromatic heterocycles. The Morgan fingerprint density at radius 2 is 1.88 bits per heavy atom. The second-order valence-corrected chi connectivity index (χ2v) is 7.39. The number of amides is 1. The first kappa shape index (κ1) is 18.8. The van der Waals surface area contributed by atoms with E-state index in [1.807, 2.05) is 0 Å². The Morgan fingerprint density at radius 1 is 1.24 bits per heavy atom. The minimum absolute atomic E-state index is 0.00864. The molecule has 0 atom stereocenters. The van der Waals surface area contributed by atoms with E-state index in [4.69, 9.17) is 11.6 Å². The summed E-state index contributed by atoms with van der Waals surface area (Å²) in [6.45, 7) is -0.485. The van der Waals surface area contributed by atoms with Crippen LogP contribution in [-0.2, 0) is 14.8 Å². The number of anilines is 1. The molecule has 0 aliphatic heterocycles. The van der Waals surface area contributed by atoms with Gasteiger partial charge in [-0.05, 0) is 24.3 Å². The van der Waals surface area contributed by atoms with Gasteiger partial charge in [0.15, 0.2) is 0 Å². The third-order valence-electron chi connectivity index (χ3n) is 3.14. The molecule has 0 heterocycles. The molecule has 0 saturated heterocycles. The van der Waals surface area contributed by atoms with Crippen LogP contribution in [0.1, 0.15) is 5.56 Å². The van der Waals surface area contributed by atoms with Crippen molar-refractivity contribution in [3.63, 3.8) is 0 Å². The monoisotopic (exact) mass is 381 g/mol. The number of phenols is 1. The van der Waals surface area contributed by atoms with E-state index in [0.717, 1.165) is 10.6 Å². The van der Waals surface area contributed by atoms with Crippen LogP contribution >= 0.6 is 11.6 Å². The fraction of sp³-hybridized carbons (Fsp3) is 0.125. The number of hydrazone groups is 1. The highest BCUT2D eigenvalue weighted by atomic mass is 35.5. The second-order valence-electron chi connectivity index (χ2n) is 5.07. The number of hydrogen-bond donors (Lipinski definition) is 2. The van der Waals surface area contributed by atoms with Gasteiger partial charge < -0.3 is 5.11 Å². The number of aromatic hydroxyl groups is 1. The summed E-state index contributed by atoms with van der Waals surface area (Å²) in [5.74, 6) is -0.647. The standard InChI is InChI=1S/C16H16ClN3O4S/c1-25(23,24)20(14-8-4-3-7-13(14)17)11-16(22)19-18-10-12-6-2-5-9-15(12)21/h2-10,21H,11H2,1H3,(H,19,22)/b18-10-. The van der Waals surface area contributed by atoms with E-state index in [-0.39, 0.29) is 16.5 Å². The molecule has 132 valence electrons. The van der Waals surface area contributed by atoms with Crippen LogP contribution in [0, 0.1) is 0 Å². The largest absolute Gasteiger partial charge is 0.507 e. The van der Waals surface area contributed by atoms with Gasteiger partial charge in [0.2, 0.25) is 10.0 Å². The highest BCUT2D eigenvalue weighted by Gasteiger charge is 2.22. The summed E-state index contributed by atoms with van der Waals surface area (Å²) in [6, 6.07) is 12.7. The van der Waals surface area contributed by atoms with Crippen LogP contribution in [0.3, 0.4) is 0 Å². The second kappa shape index (κ2) is 8.00. The van der Waals surface area contributed by atoms with Crippen molar-refractivity contribution >= 4 is 39.4 Å². The fourth-order valence-corrected chi connectivity index (χ4v) is 3.13. The summed E-state index contributed by atoms with van der Waals surface area (Å²) in [5.41, 5.74) is 2.83. The first-order chi connectivity index (χ1) is 11.8. The Hall–Kier alpha value is -2.58. The van der Waals surface area contributed by atoms with E-state index in [1.165, 1.54) is 24.4 Å². The normalized spacial score (nSPS) is 11.4. The van der Waals surface area contributed by atoms with Crippen molar-refractivity contribution < 1.29 is 18.3 Å². The summed E-state index contributed by atoms with van der Waals surface area (Å²) >= 11 is 6.02. The molecule has 0 saturated carbocycles. The molecule has 2 rings (SSSR count). The van der Waals surface area contributed by atoms with E-state index < -0.39 is 22.5 Å². The number of carbonyl (C=O) groups excluding carboxylic acids is 1. The molecule has 2 aromatic rings. The van der Waals surface area contributed by atoms with Gasteiger partial charge in [0.25, 0.3) is 5.91 Å². The molecule has 0 unspecified atom stereocenters. The van der Waals surface area contributed by atoms with E-state index >= 15 is 0 Å². The molecule has 0 aliphatic carbocycles. The van der Waals surface area contributed by atoms with Gasteiger partial charge in [-0.2, -0.15) is 5.10 Å². The lowest BCUT2D eigenvalue weighted by Gasteiger charge is -2.22. The lowest BCUT2D eigenvalue weighted by atomic mass is 10.2. The third-order valence-corrected chi connectivity index (χ3v) is 4.58. The van der Waals surface area contributed by atoms with Crippen LogP contribution in [0.25, 0.3) is 0 Å². The Bertz CT molecular complexity index is 900. The van der Waals surface area contributed by atoms with E-state index in [2.05, 4.69) is 10.5 Å². The number of benzene rings is 2. The van der Waals surface area contributed by atoms with Gasteiger partial charge in [-0.1, -0.05) is 35.9 Å². The lowest BCUT2D eigenvalue weighted by Crippen LogP contribution is -2.39. The smallest absolute Gasteiger partial charge is 0.260 e. The topological polar surface area (TPSA) is 99.1 Å². The van der Waals surface area contributed by atoms with E-state index in [1.54, 1.807) is 30.3 Å². The van der Waals surface area contributed by atoms with Crippen LogP contribution in [-0.4, -0.2) is 38.4 Å². The molecule has 9 heteroatoms. The first-order valence-electron chi connectivity index (χ1n) is 7.11. The van der Waals surface area contributed by atoms with Crippen molar-refractivity contribution in [1.29, 1.82) is 0 Å². The summed E-state index contributed by atoms with van der Waals surface area (Å²) in [6.07, 6.45) is 2.24. The van der Waals surface area contributed by atoms with Gasteiger partial charge in [0.1, 0.15) is 12.3 Å². The number of rotatable bonds is 6. The highest BCUT2D eigenvalue weighted by molar-refractivity contribution is 7.92. The van der Waals surface area contributed by atoms with Crippen LogP contribution in [0.15, 0.2) is 53.6 Å². The summed E-state index contributed by atoms with van der Waals surface area (Å²) in [4.78, 5) is 12.0. The number of sulfonamides is 1. The highest BCUT2D eigenvalue weighted by Crippen LogP contribution is 2.26. The summed E-state index contributed by atoms with van der Waals surface area (Å²) < 4.78 is 24.8. The fourth-order valence-electron chi connectivity index (χ4n) is 1.97. The Balaban J connectivity index is 2.11. The van der Waals surface area contributed by atoms with Crippen LogP contribution in [0.5, 0.6) is 5.75 Å². The molecular formula is C16H16ClN3O4S. The Labute approximate surface area is 150 Å². The van der Waals surface area contributed by atoms with Crippen molar-refractivity contribution in [2.45, 2.75) is 0 Å². The van der Waals surface area contributed by atoms with Gasteiger partial charge in [0, 0.05) is 5.56 Å². The molecule has 7 nitrogen and oxygen atoms in total. The predicted octanol–water partition coefficient (Wildman–Crippen LogP) is 1.96. The van der Waals surface area contributed by atoms with Crippen molar-refractivity contribution in [2.75, 3.05) is 17.1 Å². The maximum absolute atomic E-state index is 12.0. The number of phenolic OH excluding ortho intramolecular Hbond substituents is 1. The third kappa shape index (κ3) is 5.20. The zero-order chi connectivity index (χ0) is 18.4. The molecule has 25 heavy (non-hydrogen) atoms. The number of nitrogens with zero attached hydrogens (tertiary/aromatic N) is 2. The van der Waals surface area contributed by atoms with Crippen molar-refractivity contribution in [3.05, 3.63) is 59.1 Å². The molecule has 0 aliphatic rings. The zero-order valence-corrected chi connectivity index (χ0v) is 14.8. The summed E-state index contributed by atoms with van der Waals surface area (Å²) in [7, 11) is -3.72. The lowest BCUT2D eigenvalue weighted by molar-refractivity contribution is -0.119. The van der Waals surface area contributed by atoms with Crippen molar-refractivity contribution in [1.82, 2.24) is 5.43 Å². The average Bonchev–Trinajstić information content (AvgIpc) is 2.54. The molecular weight excluding hydrogens is 366 g/mol. The van der Waals surface area contributed by atoms with Crippen LogP contribution in [0.4, 0.5) is 5.69 Å². The number of para-hydroxylation sites is 2. The molecule has 1 amide bonds. The quantitative estimate of drug-likeness (QED) is 0.590. The van der Waals surface area contributed by atoms with E-state index in [9.17, 15) is 18.3 Å². The summed E-state index contributed by atoms with van der Waals surface area (Å²) in [5, 5.41) is 13.5. The van der Waals surface area contributed by atoms with Gasteiger partial charge in [-0.3, -0.25) is 9.10 Å². The van der Waals surface area contributed by atoms with Gasteiger partial charge >= 0.3 is 0 Å². The Kier molecular flexibility index (Phi) is 6.00. The predicted molar refractivity (Wildman–Crippen MR) is 97.5 cm³/mol. The van der Waals surface area contributed by atoms with Crippen molar-refractivity contribution in [3.8, 4) is 5.75 Å². The molecule has 0 spiro atoms. The molecule has 0 fully saturated rings. The first-order valence-corrected chi connectivity index (χ1v) is 9.34. The maximum atomic E-state index is 12.0. The minimum Gasteiger partial charge on any atom is -0.507 e. The maximum Gasteiger partial charge on any atom is 0.260 e. The molecule has 2 aromatic carbocycles.